The summed E-state index contributed by atoms with van der Waals surface area (Å²) >= 11 is 0. The quantitative estimate of drug-likeness (QED) is 0.301. The molecule has 6 rings (SSSR count). The lowest BCUT2D eigenvalue weighted by Gasteiger charge is -2.32. The molecule has 1 N–H and O–H groups in total. The first-order valence-electron chi connectivity index (χ1n) is 14.8. The van der Waals surface area contributed by atoms with Crippen LogP contribution in [0.2, 0.25) is 0 Å². The van der Waals surface area contributed by atoms with Crippen molar-refractivity contribution in [2.75, 3.05) is 26.7 Å². The number of benzene rings is 2. The fourth-order valence-electron chi connectivity index (χ4n) is 6.71. The van der Waals surface area contributed by atoms with Crippen LogP contribution in [-0.4, -0.2) is 45.8 Å². The minimum atomic E-state index is -0.136. The second-order valence-corrected chi connectivity index (χ2v) is 11.5. The number of unbranched alkanes of at least 4 members (excludes halogenated alkanes) is 1. The summed E-state index contributed by atoms with van der Waals surface area (Å²) in [5.41, 5.74) is 5.97. The molecule has 0 amide bonds. The number of piperidine rings is 1. The van der Waals surface area contributed by atoms with E-state index in [1.165, 1.54) is 28.4 Å². The van der Waals surface area contributed by atoms with Crippen LogP contribution < -0.4 is 16.0 Å². The van der Waals surface area contributed by atoms with E-state index >= 15 is 0 Å². The average molecular weight is 541 g/mol. The van der Waals surface area contributed by atoms with E-state index in [4.69, 9.17) is 4.74 Å². The van der Waals surface area contributed by atoms with Crippen molar-refractivity contribution < 1.29 is 4.74 Å². The van der Waals surface area contributed by atoms with Crippen molar-refractivity contribution in [2.24, 2.45) is 0 Å². The molecule has 2 aliphatic heterocycles. The number of hydrogen-bond acceptors (Lipinski definition) is 4. The van der Waals surface area contributed by atoms with Gasteiger partial charge in [-0.05, 0) is 100 Å². The number of nitrogens with one attached hydrogen (secondary N) is 1. The maximum Gasteiger partial charge on any atom is 0.331 e. The highest BCUT2D eigenvalue weighted by Gasteiger charge is 2.25. The highest BCUT2D eigenvalue weighted by atomic mass is 16.5. The van der Waals surface area contributed by atoms with Gasteiger partial charge >= 0.3 is 5.69 Å². The Morgan fingerprint density at radius 2 is 1.80 bits per heavy atom. The lowest BCUT2D eigenvalue weighted by atomic mass is 9.90. The van der Waals surface area contributed by atoms with E-state index < -0.39 is 0 Å². The summed E-state index contributed by atoms with van der Waals surface area (Å²) in [6, 6.07) is 14.4. The van der Waals surface area contributed by atoms with Crippen molar-refractivity contribution in [2.45, 2.75) is 70.9 Å². The van der Waals surface area contributed by atoms with Crippen LogP contribution in [0.4, 0.5) is 0 Å². The third kappa shape index (κ3) is 5.15. The summed E-state index contributed by atoms with van der Waals surface area (Å²) in [6.07, 6.45) is 9.09. The lowest BCUT2D eigenvalue weighted by Crippen LogP contribution is -2.44. The minimum absolute atomic E-state index is 0.130. The van der Waals surface area contributed by atoms with Crippen LogP contribution >= 0.6 is 0 Å². The largest absolute Gasteiger partial charge is 0.497 e. The van der Waals surface area contributed by atoms with Crippen molar-refractivity contribution >= 4 is 10.9 Å². The first-order chi connectivity index (χ1) is 19.5. The molecule has 2 aliphatic rings. The van der Waals surface area contributed by atoms with Crippen LogP contribution in [0.1, 0.15) is 61.3 Å². The molecule has 2 aromatic heterocycles. The van der Waals surface area contributed by atoms with Gasteiger partial charge in [-0.15, -0.1) is 0 Å². The standard InChI is InChI=1S/C33H40N4O3/c1-23-10-12-24(13-11-23)31-30-9-3-4-18-36(30)33(39)37(32(31)38)19-6-5-16-35-17-7-8-25(22-35)28-21-34-29-15-14-26(40-2)20-27(28)29/h10-15,20-21,25,34H,3-9,16-19,22H2,1-2H3. The molecule has 0 spiro atoms. The predicted octanol–water partition coefficient (Wildman–Crippen LogP) is 5.47. The zero-order valence-corrected chi connectivity index (χ0v) is 23.7. The first kappa shape index (κ1) is 26.6. The summed E-state index contributed by atoms with van der Waals surface area (Å²) in [6.45, 7) is 6.33. The average Bonchev–Trinajstić information content (AvgIpc) is 3.41. The highest BCUT2D eigenvalue weighted by Crippen LogP contribution is 2.34. The Morgan fingerprint density at radius 1 is 0.975 bits per heavy atom. The lowest BCUT2D eigenvalue weighted by molar-refractivity contribution is 0.204. The summed E-state index contributed by atoms with van der Waals surface area (Å²) < 4.78 is 8.84. The second kappa shape index (κ2) is 11.5. The van der Waals surface area contributed by atoms with Gasteiger partial charge in [0.2, 0.25) is 0 Å². The molecular formula is C33H40N4O3. The van der Waals surface area contributed by atoms with Crippen molar-refractivity contribution in [3.63, 3.8) is 0 Å². The number of H-pyrrole nitrogens is 1. The Hall–Kier alpha value is -3.58. The number of likely N-dealkylation sites (tertiary alicyclic amines) is 1. The Balaban J connectivity index is 1.14. The zero-order valence-electron chi connectivity index (χ0n) is 23.7. The monoisotopic (exact) mass is 540 g/mol. The number of aryl methyl sites for hydroxylation is 1. The smallest absolute Gasteiger partial charge is 0.331 e. The molecule has 4 aromatic rings. The van der Waals surface area contributed by atoms with E-state index in [2.05, 4.69) is 35.1 Å². The predicted molar refractivity (Wildman–Crippen MR) is 161 cm³/mol. The van der Waals surface area contributed by atoms with Crippen LogP contribution in [0, 0.1) is 6.92 Å². The van der Waals surface area contributed by atoms with E-state index in [0.717, 1.165) is 79.8 Å². The number of aromatic nitrogens is 3. The maximum absolute atomic E-state index is 13.7. The molecule has 0 aliphatic carbocycles. The number of aromatic amines is 1. The second-order valence-electron chi connectivity index (χ2n) is 11.5. The zero-order chi connectivity index (χ0) is 27.6. The number of methoxy groups -OCH3 is 1. The number of rotatable bonds is 8. The van der Waals surface area contributed by atoms with Gasteiger partial charge in [-0.3, -0.25) is 13.9 Å². The van der Waals surface area contributed by atoms with E-state index in [-0.39, 0.29) is 11.2 Å². The number of fused-ring (bicyclic) bond motifs is 2. The minimum Gasteiger partial charge on any atom is -0.497 e. The van der Waals surface area contributed by atoms with Gasteiger partial charge in [-0.2, -0.15) is 0 Å². The molecule has 2 aromatic carbocycles. The SMILES string of the molecule is COc1ccc2[nH]cc(C3CCCN(CCCCn4c(=O)c(-c5ccc(C)cc5)c5n(c4=O)CCCC5)C3)c2c1. The molecule has 1 fully saturated rings. The van der Waals surface area contributed by atoms with Gasteiger partial charge in [-0.1, -0.05) is 29.8 Å². The Bertz CT molecular complexity index is 1610. The fraction of sp³-hybridized carbons (Fsp3) is 0.455. The highest BCUT2D eigenvalue weighted by molar-refractivity contribution is 5.85. The Morgan fingerprint density at radius 3 is 2.62 bits per heavy atom. The summed E-state index contributed by atoms with van der Waals surface area (Å²) in [7, 11) is 1.71. The number of hydrogen-bond donors (Lipinski definition) is 1. The topological polar surface area (TPSA) is 72.3 Å². The van der Waals surface area contributed by atoms with E-state index in [0.29, 0.717) is 24.6 Å². The molecule has 1 atom stereocenters. The van der Waals surface area contributed by atoms with E-state index in [1.807, 2.05) is 34.9 Å². The third-order valence-electron chi connectivity index (χ3n) is 8.89. The van der Waals surface area contributed by atoms with Crippen LogP contribution in [0.15, 0.2) is 58.3 Å². The molecular weight excluding hydrogens is 500 g/mol. The van der Waals surface area contributed by atoms with Gasteiger partial charge in [-0.25, -0.2) is 4.79 Å². The van der Waals surface area contributed by atoms with Gasteiger partial charge in [0.25, 0.3) is 5.56 Å². The van der Waals surface area contributed by atoms with Gasteiger partial charge in [0.1, 0.15) is 5.75 Å². The molecule has 0 bridgehead atoms. The molecule has 7 heteroatoms. The van der Waals surface area contributed by atoms with Gasteiger partial charge in [0, 0.05) is 42.4 Å². The molecule has 210 valence electrons. The number of ether oxygens (including phenoxy) is 1. The molecule has 0 saturated carbocycles. The summed E-state index contributed by atoms with van der Waals surface area (Å²) in [5.74, 6) is 1.37. The molecule has 40 heavy (non-hydrogen) atoms. The van der Waals surface area contributed by atoms with E-state index in [1.54, 1.807) is 7.11 Å². The molecule has 1 saturated heterocycles. The van der Waals surface area contributed by atoms with Crippen LogP contribution in [0.25, 0.3) is 22.0 Å². The summed E-state index contributed by atoms with van der Waals surface area (Å²) in [4.78, 5) is 33.1. The number of nitrogens with zero attached hydrogens (tertiary/aromatic N) is 3. The van der Waals surface area contributed by atoms with Gasteiger partial charge in [0.15, 0.2) is 0 Å². The fourth-order valence-corrected chi connectivity index (χ4v) is 6.71. The van der Waals surface area contributed by atoms with Gasteiger partial charge in [0.05, 0.1) is 12.7 Å². The molecule has 0 radical (unpaired) electrons. The van der Waals surface area contributed by atoms with Crippen molar-refractivity contribution in [3.8, 4) is 16.9 Å². The first-order valence-corrected chi connectivity index (χ1v) is 14.8. The van der Waals surface area contributed by atoms with Crippen molar-refractivity contribution in [1.82, 2.24) is 19.0 Å². The van der Waals surface area contributed by atoms with Gasteiger partial charge < -0.3 is 14.6 Å². The molecule has 7 nitrogen and oxygen atoms in total. The summed E-state index contributed by atoms with van der Waals surface area (Å²) in [5, 5.41) is 1.25. The van der Waals surface area contributed by atoms with Crippen LogP contribution in [0.5, 0.6) is 5.75 Å². The Labute approximate surface area is 235 Å². The van der Waals surface area contributed by atoms with E-state index in [9.17, 15) is 9.59 Å². The molecule has 1 unspecified atom stereocenters. The Kier molecular flexibility index (Phi) is 7.65. The van der Waals surface area contributed by atoms with Crippen LogP contribution in [0.3, 0.4) is 0 Å². The van der Waals surface area contributed by atoms with Crippen LogP contribution in [-0.2, 0) is 19.5 Å². The maximum atomic E-state index is 13.7. The van der Waals surface area contributed by atoms with Crippen molar-refractivity contribution in [1.29, 1.82) is 0 Å². The van der Waals surface area contributed by atoms with Crippen molar-refractivity contribution in [3.05, 3.63) is 86.3 Å². The third-order valence-corrected chi connectivity index (χ3v) is 8.89. The normalized spacial score (nSPS) is 17.7. The molecule has 4 heterocycles.